The minimum atomic E-state index is -0.773. The SMILES string of the molecule is [2H]c1c([2H])c([2H])c(-c2ccc(-n3c4c([2H])c([2H])c([2H])c([2H])c4c4c(-c5c([2H])c([2H])c([2H])c([2H])c5[2H])c([2H])c([2H])c([2H])c43)c(-c3nc(-c4ccccc4)nc(-c4cccc(-c5ccccc5)c4)n3)c2)c([2H])c1[2H]. The van der Waals surface area contributed by atoms with Crippen molar-refractivity contribution in [1.29, 1.82) is 0 Å². The molecule has 0 bridgehead atoms. The first kappa shape index (κ1) is 19.1. The maximum absolute atomic E-state index is 9.55. The van der Waals surface area contributed by atoms with Gasteiger partial charge in [0.1, 0.15) is 0 Å². The smallest absolute Gasteiger partial charge is 0.166 e. The van der Waals surface area contributed by atoms with E-state index in [2.05, 4.69) is 0 Å². The second-order valence-electron chi connectivity index (χ2n) is 12.4. The van der Waals surface area contributed by atoms with Gasteiger partial charge in [0.25, 0.3) is 0 Å². The molecule has 0 unspecified atom stereocenters. The van der Waals surface area contributed by atoms with E-state index < -0.39 is 114 Å². The van der Waals surface area contributed by atoms with Crippen LogP contribution < -0.4 is 0 Å². The molecule has 0 saturated heterocycles. The summed E-state index contributed by atoms with van der Waals surface area (Å²) in [6, 6.07) is 18.6. The van der Waals surface area contributed by atoms with Crippen LogP contribution in [0.2, 0.25) is 0 Å². The molecule has 0 atom stereocenters. The highest BCUT2D eigenvalue weighted by molar-refractivity contribution is 6.16. The molecule has 8 aromatic carbocycles. The molecule has 4 nitrogen and oxygen atoms in total. The normalized spacial score (nSPS) is 15.6. The summed E-state index contributed by atoms with van der Waals surface area (Å²) in [6.07, 6.45) is 0. The van der Waals surface area contributed by atoms with Crippen molar-refractivity contribution in [3.8, 4) is 73.2 Å². The van der Waals surface area contributed by atoms with Crippen LogP contribution in [-0.2, 0) is 0 Å². The first-order valence-electron chi connectivity index (χ1n) is 25.6. The molecular formula is C51H34N4. The third-order valence-corrected chi connectivity index (χ3v) is 9.13. The molecule has 0 fully saturated rings. The number of para-hydroxylation sites is 1. The monoisotopic (exact) mass is 719 g/mol. The lowest BCUT2D eigenvalue weighted by atomic mass is 9.99. The van der Waals surface area contributed by atoms with Crippen LogP contribution in [0, 0.1) is 0 Å². The molecule has 0 aliphatic rings. The van der Waals surface area contributed by atoms with Gasteiger partial charge in [-0.3, -0.25) is 0 Å². The Bertz CT molecular complexity index is 3900. The standard InChI is InChI=1S/C51H34N4/c1-5-17-35(18-6-1)39-25-15-26-41(33-39)50-52-49(38-23-11-4-12-24-38)53-51(54-50)44-34-40(36-19-7-2-8-20-36)31-32-46(44)55-45-29-14-13-27-43(45)48-42(28-16-30-47(48)55)37-21-9-3-10-22-37/h1-34H/i2D,3D,7D,8D,9D,10D,13D,14D,16D,19D,20D,21D,22D,27D,28D,29D,30D. The maximum Gasteiger partial charge on any atom is 0.166 e. The highest BCUT2D eigenvalue weighted by atomic mass is 15.1. The van der Waals surface area contributed by atoms with Crippen LogP contribution in [-0.4, -0.2) is 19.5 Å². The number of fused-ring (bicyclic) bond motifs is 3. The van der Waals surface area contributed by atoms with Gasteiger partial charge in [0.05, 0.1) is 40.0 Å². The van der Waals surface area contributed by atoms with Crippen molar-refractivity contribution in [3.63, 3.8) is 0 Å². The number of hydrogen-bond donors (Lipinski definition) is 0. The number of hydrogen-bond acceptors (Lipinski definition) is 3. The van der Waals surface area contributed by atoms with Crippen molar-refractivity contribution in [2.24, 2.45) is 0 Å². The van der Waals surface area contributed by atoms with Gasteiger partial charge in [-0.25, -0.2) is 15.0 Å². The molecule has 2 aromatic heterocycles. The summed E-state index contributed by atoms with van der Waals surface area (Å²) in [7, 11) is 0. The van der Waals surface area contributed by atoms with Gasteiger partial charge in [-0.1, -0.05) is 176 Å². The predicted molar refractivity (Wildman–Crippen MR) is 227 cm³/mol. The van der Waals surface area contributed by atoms with Gasteiger partial charge in [-0.05, 0) is 63.7 Å². The molecule has 2 heterocycles. The van der Waals surface area contributed by atoms with Gasteiger partial charge < -0.3 is 4.57 Å². The van der Waals surface area contributed by atoms with Crippen molar-refractivity contribution >= 4 is 21.8 Å². The molecule has 0 aliphatic heterocycles. The van der Waals surface area contributed by atoms with E-state index >= 15 is 0 Å². The third kappa shape index (κ3) is 5.96. The Morgan fingerprint density at radius 3 is 1.71 bits per heavy atom. The van der Waals surface area contributed by atoms with Gasteiger partial charge in [-0.15, -0.1) is 0 Å². The zero-order valence-electron chi connectivity index (χ0n) is 45.6. The fourth-order valence-electron chi connectivity index (χ4n) is 6.65. The van der Waals surface area contributed by atoms with Crippen molar-refractivity contribution < 1.29 is 23.3 Å². The van der Waals surface area contributed by atoms with Crippen LogP contribution in [0.3, 0.4) is 0 Å². The van der Waals surface area contributed by atoms with Gasteiger partial charge in [-0.2, -0.15) is 0 Å². The lowest BCUT2D eigenvalue weighted by Crippen LogP contribution is -2.04. The molecule has 0 radical (unpaired) electrons. The quantitative estimate of drug-likeness (QED) is 0.165. The predicted octanol–water partition coefficient (Wildman–Crippen LogP) is 13.0. The molecule has 0 N–H and O–H groups in total. The van der Waals surface area contributed by atoms with Crippen LogP contribution in [0.4, 0.5) is 0 Å². The van der Waals surface area contributed by atoms with Crippen molar-refractivity contribution in [2.75, 3.05) is 0 Å². The Morgan fingerprint density at radius 1 is 0.364 bits per heavy atom. The van der Waals surface area contributed by atoms with E-state index in [4.69, 9.17) is 31.4 Å². The number of nitrogens with zero attached hydrogens (tertiary/aromatic N) is 4. The minimum Gasteiger partial charge on any atom is -0.308 e. The fourth-order valence-corrected chi connectivity index (χ4v) is 6.65. The average Bonchev–Trinajstić information content (AvgIpc) is 3.76. The summed E-state index contributed by atoms with van der Waals surface area (Å²) in [5.41, 5.74) is 1.07. The fraction of sp³-hybridized carbons (Fsp3) is 0. The van der Waals surface area contributed by atoms with E-state index in [1.54, 1.807) is 30.3 Å². The van der Waals surface area contributed by atoms with E-state index in [0.29, 0.717) is 11.1 Å². The van der Waals surface area contributed by atoms with Gasteiger partial charge >= 0.3 is 0 Å². The summed E-state index contributed by atoms with van der Waals surface area (Å²) in [5, 5.41) is -0.597. The van der Waals surface area contributed by atoms with Crippen LogP contribution in [0.15, 0.2) is 206 Å². The summed E-state index contributed by atoms with van der Waals surface area (Å²) in [5.74, 6) is 0.238. The largest absolute Gasteiger partial charge is 0.308 e. The van der Waals surface area contributed by atoms with Gasteiger partial charge in [0, 0.05) is 27.5 Å². The summed E-state index contributed by atoms with van der Waals surface area (Å²) < 4.78 is 152. The molecule has 0 saturated carbocycles. The van der Waals surface area contributed by atoms with Crippen molar-refractivity contribution in [3.05, 3.63) is 206 Å². The Morgan fingerprint density at radius 2 is 0.945 bits per heavy atom. The molecule has 4 heteroatoms. The summed E-state index contributed by atoms with van der Waals surface area (Å²) in [4.78, 5) is 14.9. The molecule has 0 aliphatic carbocycles. The summed E-state index contributed by atoms with van der Waals surface area (Å²) in [6.45, 7) is 0. The molecule has 258 valence electrons. The summed E-state index contributed by atoms with van der Waals surface area (Å²) >= 11 is 0. The van der Waals surface area contributed by atoms with Crippen molar-refractivity contribution in [1.82, 2.24) is 19.5 Å². The molecule has 10 rings (SSSR count). The first-order valence-corrected chi connectivity index (χ1v) is 17.1. The lowest BCUT2D eigenvalue weighted by molar-refractivity contribution is 1.06. The number of aromatic nitrogens is 4. The highest BCUT2D eigenvalue weighted by Crippen LogP contribution is 2.41. The van der Waals surface area contributed by atoms with E-state index in [-0.39, 0.29) is 61.7 Å². The molecule has 0 amide bonds. The molecule has 0 spiro atoms. The first-order chi connectivity index (χ1) is 34.3. The Kier molecular flexibility index (Phi) is 4.80. The zero-order valence-corrected chi connectivity index (χ0v) is 28.6. The number of rotatable bonds is 7. The molecule has 55 heavy (non-hydrogen) atoms. The second kappa shape index (κ2) is 13.8. The zero-order chi connectivity index (χ0) is 51.3. The molecular weight excluding hydrogens is 669 g/mol. The highest BCUT2D eigenvalue weighted by Gasteiger charge is 2.22. The van der Waals surface area contributed by atoms with E-state index in [1.165, 1.54) is 22.8 Å². The van der Waals surface area contributed by atoms with Crippen LogP contribution >= 0.6 is 0 Å². The van der Waals surface area contributed by atoms with Crippen LogP contribution in [0.5, 0.6) is 0 Å². The van der Waals surface area contributed by atoms with E-state index in [0.717, 1.165) is 11.1 Å². The van der Waals surface area contributed by atoms with Gasteiger partial charge in [0.15, 0.2) is 17.5 Å². The Balaban J connectivity index is 1.41. The van der Waals surface area contributed by atoms with E-state index in [9.17, 15) is 6.85 Å². The third-order valence-electron chi connectivity index (χ3n) is 9.13. The van der Waals surface area contributed by atoms with Crippen LogP contribution in [0.1, 0.15) is 23.3 Å². The van der Waals surface area contributed by atoms with E-state index in [1.807, 2.05) is 54.6 Å². The number of benzene rings is 8. The van der Waals surface area contributed by atoms with Crippen molar-refractivity contribution in [2.45, 2.75) is 0 Å². The second-order valence-corrected chi connectivity index (χ2v) is 12.4. The van der Waals surface area contributed by atoms with Crippen LogP contribution in [0.25, 0.3) is 95.0 Å². The molecule has 10 aromatic rings. The Labute approximate surface area is 343 Å². The maximum atomic E-state index is 9.55. The minimum absolute atomic E-state index is 0.0100. The van der Waals surface area contributed by atoms with Gasteiger partial charge in [0.2, 0.25) is 0 Å². The topological polar surface area (TPSA) is 43.6 Å². The lowest BCUT2D eigenvalue weighted by Gasteiger charge is -2.16. The Hall–Kier alpha value is -7.43. The average molecular weight is 720 g/mol.